The van der Waals surface area contributed by atoms with E-state index in [1.165, 1.54) is 0 Å². The average molecular weight is 1330 g/mol. The molecule has 22 nitrogen and oxygen atoms in total. The average Bonchev–Trinajstić information content (AvgIpc) is 1.61. The van der Waals surface area contributed by atoms with Crippen molar-refractivity contribution in [1.29, 1.82) is 0 Å². The van der Waals surface area contributed by atoms with Gasteiger partial charge in [0.15, 0.2) is 23.1 Å². The Hall–Kier alpha value is -1.96. The van der Waals surface area contributed by atoms with Gasteiger partial charge in [-0.15, -0.1) is 0 Å². The molecule has 10 saturated heterocycles. The molecule has 6 N–H and O–H groups in total. The zero-order valence-corrected chi connectivity index (χ0v) is 59.5. The first-order valence-electron chi connectivity index (χ1n) is 35.5. The highest BCUT2D eigenvalue weighted by Gasteiger charge is 2.65. The maximum Gasteiger partial charge on any atom is 0.373 e. The van der Waals surface area contributed by atoms with Crippen molar-refractivity contribution < 1.29 is 107 Å². The van der Waals surface area contributed by atoms with E-state index >= 15 is 0 Å². The van der Waals surface area contributed by atoms with Crippen LogP contribution in [0.4, 0.5) is 0 Å². The predicted octanol–water partition coefficient (Wildman–Crippen LogP) is 8.37. The molecule has 0 radical (unpaired) electrons. The van der Waals surface area contributed by atoms with E-state index in [-0.39, 0.29) is 145 Å². The molecule has 0 aromatic heterocycles. The van der Waals surface area contributed by atoms with Crippen molar-refractivity contribution in [3.05, 3.63) is 0 Å². The molecule has 93 heavy (non-hydrogen) atoms. The van der Waals surface area contributed by atoms with Gasteiger partial charge in [0.05, 0.1) is 121 Å². The molecule has 10 rings (SSSR count). The first-order chi connectivity index (χ1) is 43.6. The van der Waals surface area contributed by atoms with E-state index in [1.54, 1.807) is 14.2 Å². The summed E-state index contributed by atoms with van der Waals surface area (Å²) in [7, 11) is 3.50. The number of hydrogen-bond acceptors (Lipinski definition) is 22. The van der Waals surface area contributed by atoms with Crippen molar-refractivity contribution >= 4 is 12.3 Å². The van der Waals surface area contributed by atoms with E-state index < -0.39 is 71.0 Å². The molecule has 0 aromatic carbocycles. The molecule has 10 aliphatic rings. The Kier molecular flexibility index (Phi) is 26.4. The van der Waals surface area contributed by atoms with Crippen molar-refractivity contribution in [2.45, 2.75) is 351 Å². The Labute approximate surface area is 554 Å². The van der Waals surface area contributed by atoms with Gasteiger partial charge in [-0.1, -0.05) is 90.0 Å². The van der Waals surface area contributed by atoms with E-state index in [0.717, 1.165) is 96.3 Å². The zero-order chi connectivity index (χ0) is 69.2. The van der Waals surface area contributed by atoms with Crippen LogP contribution >= 0.6 is 0 Å². The number of aliphatic hydroxyl groups excluding tert-OH is 4. The van der Waals surface area contributed by atoms with Gasteiger partial charge in [-0.2, -0.15) is 19.2 Å². The van der Waals surface area contributed by atoms with Gasteiger partial charge in [0.25, 0.3) is 0 Å². The highest BCUT2D eigenvalue weighted by atomic mass is 16.7. The molecule has 538 valence electrons. The first kappa shape index (κ1) is 78.4. The number of methoxy groups -OCH3 is 2. The highest BCUT2D eigenvalue weighted by Crippen LogP contribution is 2.57. The maximum atomic E-state index is 11.2. The second-order valence-corrected chi connectivity index (χ2v) is 31.4. The molecule has 22 heteroatoms. The van der Waals surface area contributed by atoms with Gasteiger partial charge < -0.3 is 87.5 Å². The van der Waals surface area contributed by atoms with Crippen LogP contribution in [0.25, 0.3) is 0 Å². The predicted molar refractivity (Wildman–Crippen MR) is 337 cm³/mol. The molecule has 32 atom stereocenters. The van der Waals surface area contributed by atoms with E-state index in [1.807, 2.05) is 13.8 Å². The number of ether oxygens (including phenoxy) is 12. The molecule has 0 aliphatic carbocycles. The first-order valence-corrected chi connectivity index (χ1v) is 35.5. The van der Waals surface area contributed by atoms with Gasteiger partial charge in [-0.25, -0.2) is 0 Å². The summed E-state index contributed by atoms with van der Waals surface area (Å²) >= 11 is 0. The van der Waals surface area contributed by atoms with E-state index in [0.29, 0.717) is 12.8 Å². The van der Waals surface area contributed by atoms with Gasteiger partial charge in [0.1, 0.15) is 0 Å². The van der Waals surface area contributed by atoms with Crippen LogP contribution in [-0.2, 0) is 76.0 Å². The number of hydrogen-bond donors (Lipinski definition) is 6. The van der Waals surface area contributed by atoms with Gasteiger partial charge in [-0.05, 0) is 128 Å². The lowest BCUT2D eigenvalue weighted by Gasteiger charge is -2.48. The molecule has 0 amide bonds. The molecule has 0 saturated carbocycles. The van der Waals surface area contributed by atoms with Crippen molar-refractivity contribution in [1.82, 2.24) is 0 Å². The summed E-state index contributed by atoms with van der Waals surface area (Å²) in [5.74, 6) is -3.85. The molecule has 2 unspecified atom stereocenters. The Bertz CT molecular complexity index is 2430. The van der Waals surface area contributed by atoms with Gasteiger partial charge >= 0.3 is 12.3 Å². The molecule has 0 bridgehead atoms. The summed E-state index contributed by atoms with van der Waals surface area (Å²) in [4.78, 5) is 32.5. The second kappa shape index (κ2) is 31.3. The van der Waals surface area contributed by atoms with Crippen LogP contribution in [0.5, 0.6) is 0 Å². The molecule has 2 spiro atoms. The normalized spacial score (nSPS) is 50.1. The second-order valence-electron chi connectivity index (χ2n) is 31.4. The smallest absolute Gasteiger partial charge is 0.373 e. The largest absolute Gasteiger partial charge is 0.393 e. The Morgan fingerprint density at radius 3 is 1.28 bits per heavy atom. The van der Waals surface area contributed by atoms with Gasteiger partial charge in [0.2, 0.25) is 0 Å². The van der Waals surface area contributed by atoms with Crippen LogP contribution in [0.3, 0.4) is 0 Å². The summed E-state index contributed by atoms with van der Waals surface area (Å²) in [6.07, 6.45) is 11.2. The lowest BCUT2D eigenvalue weighted by molar-refractivity contribution is -0.336. The summed E-state index contributed by atoms with van der Waals surface area (Å²) < 4.78 is 79.0. The maximum absolute atomic E-state index is 11.2. The third-order valence-corrected chi connectivity index (χ3v) is 24.9. The van der Waals surface area contributed by atoms with Crippen LogP contribution < -0.4 is 0 Å². The fourth-order valence-corrected chi connectivity index (χ4v) is 19.1. The van der Waals surface area contributed by atoms with Gasteiger partial charge in [-0.3, -0.25) is 0 Å². The standard InChI is InChI=1S/C35H62O9.C34H60O9.2CO2/c1-10-26(39-9)24(7)30-23(6)25(37)18-34(42-30)15-14-32(8,44-34)28-12-13-33(11-2,41-28)31-21(4)17-27(40-31)29-20(3)16-22(5)35(38,19-36)43-29;1-10-25(38-9)23(6)29-22(5)24(36)17-33(41-29)14-13-31(7,43-33)27-11-12-32(8,40-27)30-20(3)16-26(39-30)28-19(2)15-21(4)34(37,18-35)42-28;2*2-1-3/h20-31,36-38H,10-19H2,1-9H3;19-30,35-37H,10-18H2,1-9H3;;/t20-,21-,22+,23+,24-,25-,26-,27?,28+,29-,30-,31+,32-,33-,34+,35-;19-,20-,21+,22+,23-,24-,25-,26?,27+,28-,29-,30+,31-,32-,33+,34-;;/m00../s1. The van der Waals surface area contributed by atoms with Crippen LogP contribution in [0.2, 0.25) is 0 Å². The molecular formula is C71H122O22. The molecule has 0 aromatic rings. The third-order valence-electron chi connectivity index (χ3n) is 24.9. The van der Waals surface area contributed by atoms with Crippen LogP contribution in [-0.4, -0.2) is 201 Å². The Balaban J connectivity index is 0.000000243. The monoisotopic (exact) mass is 1330 g/mol. The van der Waals surface area contributed by atoms with Crippen LogP contribution in [0.1, 0.15) is 220 Å². The molecule has 10 heterocycles. The van der Waals surface area contributed by atoms with Crippen LogP contribution in [0, 0.1) is 59.2 Å². The SMILES string of the molecule is CC[C@H](OC)[C@H](C)[C@H]1O[C@@]2(CC[C@@](C)([C@H]3CC[C@@](C)([C@@H]4OC([C@H]5O[C@@](O)(CO)[C@H](C)C[C@@H]5C)C[C@@H]4C)O3)O2)C[C@H](O)[C@H]1C.CC[C@H](OC)[C@H](C)[C@H]1O[C@@]2(CC[C@@](C)([C@H]3CC[C@@](CC)([C@@H]4OC([C@H]5O[C@@](O)(CO)[C@H](C)C[C@@H]5C)C[C@@H]4C)O3)O2)C[C@H](O)[C@H]1C.O=C=O.O=C=O. The Morgan fingerprint density at radius 2 is 0.892 bits per heavy atom. The number of carbonyl (C=O) groups excluding carboxylic acids is 4. The fourth-order valence-electron chi connectivity index (χ4n) is 19.1. The van der Waals surface area contributed by atoms with E-state index in [2.05, 4.69) is 96.9 Å². The summed E-state index contributed by atoms with van der Waals surface area (Å²) in [6, 6.07) is 0. The van der Waals surface area contributed by atoms with E-state index in [4.69, 9.17) is 76.0 Å². The van der Waals surface area contributed by atoms with Crippen LogP contribution in [0.15, 0.2) is 0 Å². The fraction of sp³-hybridized carbons (Fsp3) is 0.972. The third kappa shape index (κ3) is 16.0. The topological polar surface area (TPSA) is 300 Å². The van der Waals surface area contributed by atoms with E-state index in [9.17, 15) is 30.6 Å². The summed E-state index contributed by atoms with van der Waals surface area (Å²) in [5, 5.41) is 64.0. The molecule has 10 aliphatic heterocycles. The Morgan fingerprint density at radius 1 is 0.505 bits per heavy atom. The zero-order valence-electron chi connectivity index (χ0n) is 59.5. The highest BCUT2D eigenvalue weighted by molar-refractivity contribution is 5.20. The minimum absolute atomic E-state index is 0.00676. The lowest BCUT2D eigenvalue weighted by atomic mass is 9.80. The summed E-state index contributed by atoms with van der Waals surface area (Å²) in [6.45, 7) is 33.1. The molecular weight excluding hydrogens is 1200 g/mol. The quantitative estimate of drug-likeness (QED) is 0.0797. The van der Waals surface area contributed by atoms with Crippen molar-refractivity contribution in [3.8, 4) is 0 Å². The number of aliphatic hydroxyl groups is 6. The number of rotatable bonds is 17. The van der Waals surface area contributed by atoms with Crippen molar-refractivity contribution in [3.63, 3.8) is 0 Å². The minimum Gasteiger partial charge on any atom is -0.393 e. The van der Waals surface area contributed by atoms with Gasteiger partial charge in [0, 0.05) is 75.4 Å². The molecule has 10 fully saturated rings. The van der Waals surface area contributed by atoms with Crippen molar-refractivity contribution in [2.24, 2.45) is 59.2 Å². The minimum atomic E-state index is -1.53. The lowest BCUT2D eigenvalue weighted by Crippen LogP contribution is -2.56. The van der Waals surface area contributed by atoms with Crippen molar-refractivity contribution in [2.75, 3.05) is 27.4 Å². The summed E-state index contributed by atoms with van der Waals surface area (Å²) in [5.41, 5.74) is -1.99.